The lowest BCUT2D eigenvalue weighted by Gasteiger charge is -2.35. The molecule has 3 N–H and O–H groups in total. The molecule has 39 heavy (non-hydrogen) atoms. The topological polar surface area (TPSA) is 99.2 Å². The Labute approximate surface area is 233 Å². The molecule has 0 unspecified atom stereocenters. The molecule has 1 saturated carbocycles. The molecular weight excluding hydrogens is 521 g/mol. The average Bonchev–Trinajstić information content (AvgIpc) is 3.71. The molecule has 212 valence electrons. The van der Waals surface area contributed by atoms with E-state index < -0.39 is 6.86 Å². The van der Waals surface area contributed by atoms with Crippen LogP contribution in [0.25, 0.3) is 0 Å². The van der Waals surface area contributed by atoms with Crippen molar-refractivity contribution in [1.82, 2.24) is 4.98 Å². The van der Waals surface area contributed by atoms with E-state index in [1.54, 1.807) is 18.3 Å². The fraction of sp³-hybridized carbons (Fsp3) is 0.571. The van der Waals surface area contributed by atoms with Crippen molar-refractivity contribution < 1.29 is 23.8 Å². The van der Waals surface area contributed by atoms with E-state index in [-0.39, 0.29) is 23.9 Å². The number of aliphatic hydroxyl groups is 1. The summed E-state index contributed by atoms with van der Waals surface area (Å²) in [5, 5.41) is 12.4. The van der Waals surface area contributed by atoms with Crippen molar-refractivity contribution in [2.24, 2.45) is 5.41 Å². The first-order valence-electron chi connectivity index (χ1n) is 13.7. The van der Waals surface area contributed by atoms with Crippen molar-refractivity contribution in [2.45, 2.75) is 50.9 Å². The minimum absolute atomic E-state index is 0.0101. The molecule has 3 fully saturated rings. The minimum atomic E-state index is -0.930. The van der Waals surface area contributed by atoms with E-state index in [4.69, 9.17) is 9.47 Å². The van der Waals surface area contributed by atoms with Gasteiger partial charge in [-0.2, -0.15) is 0 Å². The van der Waals surface area contributed by atoms with Crippen LogP contribution in [0.1, 0.15) is 49.9 Å². The lowest BCUT2D eigenvalue weighted by Crippen LogP contribution is -2.41. The molecule has 3 heterocycles. The van der Waals surface area contributed by atoms with E-state index in [0.29, 0.717) is 47.9 Å². The zero-order valence-electron chi connectivity index (χ0n) is 22.6. The fourth-order valence-corrected chi connectivity index (χ4v) is 5.80. The van der Waals surface area contributed by atoms with Gasteiger partial charge in [-0.15, -0.1) is 0 Å². The van der Waals surface area contributed by atoms with Crippen molar-refractivity contribution in [3.8, 4) is 5.75 Å². The maximum Gasteiger partial charge on any atom is 0.259 e. The molecule has 0 bridgehead atoms. The Morgan fingerprint density at radius 1 is 1.23 bits per heavy atom. The number of rotatable bonds is 10. The molecule has 2 aromatic rings. The van der Waals surface area contributed by atoms with Crippen LogP contribution < -0.4 is 24.6 Å². The maximum absolute atomic E-state index is 13.6. The quantitative estimate of drug-likeness (QED) is 0.358. The summed E-state index contributed by atoms with van der Waals surface area (Å²) in [6.45, 7) is 6.71. The number of hydrogen-bond donors (Lipinski definition) is 3. The van der Waals surface area contributed by atoms with E-state index in [1.165, 1.54) is 24.8 Å². The molecule has 2 atom stereocenters. The van der Waals surface area contributed by atoms with Crippen molar-refractivity contribution in [3.63, 3.8) is 0 Å². The molecule has 3 aliphatic rings. The van der Waals surface area contributed by atoms with Crippen LogP contribution in [0.5, 0.6) is 5.75 Å². The lowest BCUT2D eigenvalue weighted by atomic mass is 9.93. The number of hydrogen-bond acceptors (Lipinski definition) is 9. The number of carbonyl (C=O) groups excluding carboxylic acids is 1. The zero-order valence-corrected chi connectivity index (χ0v) is 23.4. The smallest absolute Gasteiger partial charge is 0.259 e. The van der Waals surface area contributed by atoms with Crippen molar-refractivity contribution >= 4 is 40.7 Å². The van der Waals surface area contributed by atoms with Gasteiger partial charge in [-0.05, 0) is 75.1 Å². The van der Waals surface area contributed by atoms with Crippen LogP contribution in [-0.4, -0.2) is 73.6 Å². The van der Waals surface area contributed by atoms with Crippen LogP contribution in [0.4, 0.5) is 27.3 Å². The Balaban J connectivity index is 1.38. The van der Waals surface area contributed by atoms with Crippen LogP contribution in [0.3, 0.4) is 0 Å². The molecule has 1 aromatic carbocycles. The second kappa shape index (κ2) is 12.2. The number of piperidine rings is 1. The van der Waals surface area contributed by atoms with Gasteiger partial charge < -0.3 is 34.4 Å². The minimum Gasteiger partial charge on any atom is -0.461 e. The number of morpholine rings is 1. The summed E-state index contributed by atoms with van der Waals surface area (Å²) < 4.78 is 27.2. The van der Waals surface area contributed by atoms with Gasteiger partial charge in [0.05, 0.1) is 36.3 Å². The highest BCUT2D eigenvalue weighted by Gasteiger charge is 2.44. The van der Waals surface area contributed by atoms with Gasteiger partial charge in [-0.3, -0.25) is 4.79 Å². The summed E-state index contributed by atoms with van der Waals surface area (Å²) in [6, 6.07) is 7.17. The van der Waals surface area contributed by atoms with E-state index >= 15 is 0 Å². The molecule has 2 saturated heterocycles. The second-order valence-electron chi connectivity index (χ2n) is 10.8. The third-order valence-electron chi connectivity index (χ3n) is 7.88. The first kappa shape index (κ1) is 27.8. The Bertz CT molecular complexity index is 1160. The van der Waals surface area contributed by atoms with Gasteiger partial charge in [0.1, 0.15) is 11.6 Å². The fourth-order valence-electron chi connectivity index (χ4n) is 5.29. The molecule has 9 nitrogen and oxygen atoms in total. The SMILES string of the molecule is C[C@@H]1CN(c2cc(NC(=O)c3cnc(NS[C@H](C)CO)cc3N3CCC4(CC3)CC4)ccc2OCF)CCO1. The number of alkyl halides is 1. The molecule has 2 aliphatic heterocycles. The number of pyridine rings is 1. The number of aromatic nitrogens is 1. The predicted octanol–water partition coefficient (Wildman–Crippen LogP) is 4.69. The molecule has 5 rings (SSSR count). The lowest BCUT2D eigenvalue weighted by molar-refractivity contribution is 0.0529. The molecule has 1 amide bonds. The number of halogens is 1. The van der Waals surface area contributed by atoms with E-state index in [9.17, 15) is 14.3 Å². The van der Waals surface area contributed by atoms with Crippen molar-refractivity contribution in [1.29, 1.82) is 0 Å². The van der Waals surface area contributed by atoms with Gasteiger partial charge >= 0.3 is 0 Å². The largest absolute Gasteiger partial charge is 0.461 e. The number of nitrogens with zero attached hydrogens (tertiary/aromatic N) is 3. The normalized spacial score (nSPS) is 21.0. The third-order valence-corrected chi connectivity index (χ3v) is 8.76. The summed E-state index contributed by atoms with van der Waals surface area (Å²) in [4.78, 5) is 22.5. The van der Waals surface area contributed by atoms with Crippen LogP contribution in [-0.2, 0) is 4.74 Å². The standard InChI is InChI=1S/C28H38FN5O4S/c1-19-16-34(11-12-37-19)24-13-21(3-4-25(24)38-18-29)31-27(36)22-15-30-26(32-39-20(2)17-35)14-23(22)33-9-7-28(5-6-28)8-10-33/h3-4,13-15,19-20,35H,5-12,16-18H2,1-2H3,(H,30,32)(H,31,36)/t19-,20-/m1/s1. The number of benzene rings is 1. The Kier molecular flexibility index (Phi) is 8.68. The van der Waals surface area contributed by atoms with Gasteiger partial charge in [0.15, 0.2) is 0 Å². The number of anilines is 4. The van der Waals surface area contributed by atoms with Crippen molar-refractivity contribution in [3.05, 3.63) is 36.0 Å². The highest BCUT2D eigenvalue weighted by molar-refractivity contribution is 8.01. The zero-order chi connectivity index (χ0) is 27.4. The average molecular weight is 560 g/mol. The number of amides is 1. The van der Waals surface area contributed by atoms with Crippen LogP contribution >= 0.6 is 11.9 Å². The van der Waals surface area contributed by atoms with E-state index in [2.05, 4.69) is 24.8 Å². The van der Waals surface area contributed by atoms with Crippen LogP contribution in [0.2, 0.25) is 0 Å². The first-order chi connectivity index (χ1) is 18.9. The Morgan fingerprint density at radius 3 is 2.72 bits per heavy atom. The third kappa shape index (κ3) is 6.70. The van der Waals surface area contributed by atoms with Gasteiger partial charge in [0.2, 0.25) is 6.86 Å². The summed E-state index contributed by atoms with van der Waals surface area (Å²) >= 11 is 1.40. The van der Waals surface area contributed by atoms with Gasteiger partial charge in [0.25, 0.3) is 5.91 Å². The summed E-state index contributed by atoms with van der Waals surface area (Å²) in [6.07, 6.45) is 6.52. The number of carbonyl (C=O) groups is 1. The molecule has 0 radical (unpaired) electrons. The van der Waals surface area contributed by atoms with Crippen molar-refractivity contribution in [2.75, 3.05) is 66.1 Å². The molecular formula is C28H38FN5O4S. The summed E-state index contributed by atoms with van der Waals surface area (Å²) in [7, 11) is 0. The monoisotopic (exact) mass is 559 g/mol. The van der Waals surface area contributed by atoms with Gasteiger partial charge in [0, 0.05) is 49.4 Å². The second-order valence-corrected chi connectivity index (χ2v) is 12.0. The Morgan fingerprint density at radius 2 is 2.03 bits per heavy atom. The predicted molar refractivity (Wildman–Crippen MR) is 154 cm³/mol. The molecule has 1 aliphatic carbocycles. The highest BCUT2D eigenvalue weighted by Crippen LogP contribution is 2.54. The Hall–Kier alpha value is -2.76. The number of aliphatic hydroxyl groups excluding tert-OH is 1. The molecule has 1 aromatic heterocycles. The van der Waals surface area contributed by atoms with E-state index in [0.717, 1.165) is 37.3 Å². The van der Waals surface area contributed by atoms with Gasteiger partial charge in [-0.25, -0.2) is 9.37 Å². The number of nitrogens with one attached hydrogen (secondary N) is 2. The molecule has 11 heteroatoms. The van der Waals surface area contributed by atoms with Gasteiger partial charge in [-0.1, -0.05) is 0 Å². The summed E-state index contributed by atoms with van der Waals surface area (Å²) in [5.74, 6) is 0.821. The van der Waals surface area contributed by atoms with Crippen LogP contribution in [0.15, 0.2) is 30.5 Å². The first-order valence-corrected chi connectivity index (χ1v) is 14.6. The van der Waals surface area contributed by atoms with E-state index in [1.807, 2.05) is 26.0 Å². The highest BCUT2D eigenvalue weighted by atomic mass is 32.2. The van der Waals surface area contributed by atoms with Crippen LogP contribution in [0, 0.1) is 5.41 Å². The number of ether oxygens (including phenoxy) is 2. The summed E-state index contributed by atoms with van der Waals surface area (Å²) in [5.41, 5.74) is 3.17. The molecule has 1 spiro atoms. The maximum atomic E-state index is 13.6.